The lowest BCUT2D eigenvalue weighted by atomic mass is 10.0. The standard InChI is InChI=1S/C12H20ClN3O/c1-16(2)7-6-11(15-14)9-4-5-10(13)12(8-9)17-3/h4-5,8,11,15H,6-7,14H2,1-3H3. The molecule has 1 rings (SSSR count). The van der Waals surface area contributed by atoms with Crippen LogP contribution in [0.3, 0.4) is 0 Å². The molecule has 1 aromatic rings. The third-order valence-electron chi connectivity index (χ3n) is 2.64. The molecule has 0 aromatic heterocycles. The number of hydrazine groups is 1. The van der Waals surface area contributed by atoms with Crippen molar-refractivity contribution in [2.75, 3.05) is 27.7 Å². The van der Waals surface area contributed by atoms with Crippen LogP contribution in [-0.2, 0) is 0 Å². The first kappa shape index (κ1) is 14.3. The molecule has 0 saturated heterocycles. The van der Waals surface area contributed by atoms with Crippen molar-refractivity contribution in [2.45, 2.75) is 12.5 Å². The van der Waals surface area contributed by atoms with E-state index >= 15 is 0 Å². The average Bonchev–Trinajstić information content (AvgIpc) is 2.31. The van der Waals surface area contributed by atoms with Crippen LogP contribution in [0.4, 0.5) is 0 Å². The van der Waals surface area contributed by atoms with Crippen LogP contribution in [0.25, 0.3) is 0 Å². The second-order valence-electron chi connectivity index (χ2n) is 4.21. The zero-order chi connectivity index (χ0) is 12.8. The highest BCUT2D eigenvalue weighted by atomic mass is 35.5. The van der Waals surface area contributed by atoms with Gasteiger partial charge in [-0.25, -0.2) is 0 Å². The van der Waals surface area contributed by atoms with E-state index in [9.17, 15) is 0 Å². The van der Waals surface area contributed by atoms with Gasteiger partial charge in [-0.2, -0.15) is 0 Å². The van der Waals surface area contributed by atoms with E-state index in [0.717, 1.165) is 18.5 Å². The Bertz CT molecular complexity index is 358. The van der Waals surface area contributed by atoms with Crippen LogP contribution < -0.4 is 16.0 Å². The van der Waals surface area contributed by atoms with Gasteiger partial charge in [-0.05, 0) is 44.8 Å². The van der Waals surface area contributed by atoms with E-state index in [1.54, 1.807) is 7.11 Å². The van der Waals surface area contributed by atoms with Crippen molar-refractivity contribution in [3.05, 3.63) is 28.8 Å². The third kappa shape index (κ3) is 4.16. The first-order chi connectivity index (χ1) is 8.08. The van der Waals surface area contributed by atoms with Crippen molar-refractivity contribution >= 4 is 11.6 Å². The Morgan fingerprint density at radius 1 is 1.47 bits per heavy atom. The van der Waals surface area contributed by atoms with Crippen molar-refractivity contribution in [2.24, 2.45) is 5.84 Å². The number of halogens is 1. The van der Waals surface area contributed by atoms with E-state index in [4.69, 9.17) is 22.2 Å². The Hall–Kier alpha value is -0.810. The number of nitrogens with zero attached hydrogens (tertiary/aromatic N) is 1. The zero-order valence-electron chi connectivity index (χ0n) is 10.5. The molecule has 0 aliphatic carbocycles. The summed E-state index contributed by atoms with van der Waals surface area (Å²) in [6.45, 7) is 0.958. The van der Waals surface area contributed by atoms with Gasteiger partial charge in [0.25, 0.3) is 0 Å². The normalized spacial score (nSPS) is 12.8. The van der Waals surface area contributed by atoms with E-state index in [-0.39, 0.29) is 6.04 Å². The molecular weight excluding hydrogens is 238 g/mol. The minimum Gasteiger partial charge on any atom is -0.495 e. The smallest absolute Gasteiger partial charge is 0.137 e. The summed E-state index contributed by atoms with van der Waals surface area (Å²) in [6.07, 6.45) is 0.925. The molecule has 0 aliphatic heterocycles. The molecule has 5 heteroatoms. The highest BCUT2D eigenvalue weighted by Gasteiger charge is 2.12. The van der Waals surface area contributed by atoms with Gasteiger partial charge in [0, 0.05) is 6.04 Å². The third-order valence-corrected chi connectivity index (χ3v) is 2.96. The summed E-state index contributed by atoms with van der Waals surface area (Å²) < 4.78 is 5.19. The van der Waals surface area contributed by atoms with Gasteiger partial charge in [0.15, 0.2) is 0 Å². The highest BCUT2D eigenvalue weighted by Crippen LogP contribution is 2.28. The summed E-state index contributed by atoms with van der Waals surface area (Å²) in [5.41, 5.74) is 3.90. The van der Waals surface area contributed by atoms with Crippen LogP contribution in [0.2, 0.25) is 5.02 Å². The number of nitrogens with one attached hydrogen (secondary N) is 1. The lowest BCUT2D eigenvalue weighted by Gasteiger charge is -2.19. The fraction of sp³-hybridized carbons (Fsp3) is 0.500. The maximum Gasteiger partial charge on any atom is 0.137 e. The topological polar surface area (TPSA) is 50.5 Å². The molecule has 0 bridgehead atoms. The summed E-state index contributed by atoms with van der Waals surface area (Å²) >= 11 is 5.99. The molecule has 0 spiro atoms. The Morgan fingerprint density at radius 2 is 2.18 bits per heavy atom. The zero-order valence-corrected chi connectivity index (χ0v) is 11.3. The van der Waals surface area contributed by atoms with Crippen LogP contribution in [0, 0.1) is 0 Å². The minimum absolute atomic E-state index is 0.101. The fourth-order valence-electron chi connectivity index (χ4n) is 1.63. The second kappa shape index (κ2) is 6.81. The molecule has 0 saturated carbocycles. The lowest BCUT2D eigenvalue weighted by molar-refractivity contribution is 0.361. The molecule has 0 radical (unpaired) electrons. The van der Waals surface area contributed by atoms with Crippen molar-refractivity contribution in [3.8, 4) is 5.75 Å². The van der Waals surface area contributed by atoms with Crippen LogP contribution in [0.5, 0.6) is 5.75 Å². The van der Waals surface area contributed by atoms with Crippen LogP contribution in [0.15, 0.2) is 18.2 Å². The van der Waals surface area contributed by atoms with Crippen LogP contribution >= 0.6 is 11.6 Å². The number of methoxy groups -OCH3 is 1. The van der Waals surface area contributed by atoms with Crippen molar-refractivity contribution < 1.29 is 4.74 Å². The average molecular weight is 258 g/mol. The first-order valence-electron chi connectivity index (χ1n) is 5.52. The van der Waals surface area contributed by atoms with Gasteiger partial charge in [-0.3, -0.25) is 11.3 Å². The van der Waals surface area contributed by atoms with E-state index in [1.165, 1.54) is 0 Å². The Kier molecular flexibility index (Phi) is 5.71. The molecule has 1 atom stereocenters. The molecule has 1 aromatic carbocycles. The number of benzene rings is 1. The Labute approximate surface area is 108 Å². The van der Waals surface area contributed by atoms with Gasteiger partial charge >= 0.3 is 0 Å². The minimum atomic E-state index is 0.101. The molecule has 0 aliphatic rings. The van der Waals surface area contributed by atoms with E-state index in [1.807, 2.05) is 32.3 Å². The summed E-state index contributed by atoms with van der Waals surface area (Å²) in [5, 5.41) is 0.611. The summed E-state index contributed by atoms with van der Waals surface area (Å²) in [7, 11) is 5.68. The number of hydrogen-bond donors (Lipinski definition) is 2. The van der Waals surface area contributed by atoms with Crippen molar-refractivity contribution in [1.29, 1.82) is 0 Å². The largest absolute Gasteiger partial charge is 0.495 e. The maximum atomic E-state index is 5.99. The molecule has 4 nitrogen and oxygen atoms in total. The predicted molar refractivity (Wildman–Crippen MR) is 71.2 cm³/mol. The summed E-state index contributed by atoms with van der Waals surface area (Å²) in [4.78, 5) is 2.12. The van der Waals surface area contributed by atoms with E-state index < -0.39 is 0 Å². The Morgan fingerprint density at radius 3 is 2.71 bits per heavy atom. The molecule has 96 valence electrons. The van der Waals surface area contributed by atoms with E-state index in [2.05, 4.69) is 10.3 Å². The number of nitrogens with two attached hydrogens (primary N) is 1. The van der Waals surface area contributed by atoms with Crippen molar-refractivity contribution in [3.63, 3.8) is 0 Å². The van der Waals surface area contributed by atoms with Gasteiger partial charge in [0.2, 0.25) is 0 Å². The Balaban J connectivity index is 2.80. The quantitative estimate of drug-likeness (QED) is 0.603. The number of ether oxygens (including phenoxy) is 1. The van der Waals surface area contributed by atoms with Gasteiger partial charge < -0.3 is 9.64 Å². The molecule has 17 heavy (non-hydrogen) atoms. The first-order valence-corrected chi connectivity index (χ1v) is 5.90. The summed E-state index contributed by atoms with van der Waals surface area (Å²) in [6, 6.07) is 5.81. The SMILES string of the molecule is COc1cc(C(CCN(C)C)NN)ccc1Cl. The number of hydrogen-bond acceptors (Lipinski definition) is 4. The molecule has 0 fully saturated rings. The number of rotatable bonds is 6. The molecular formula is C12H20ClN3O. The maximum absolute atomic E-state index is 5.99. The van der Waals surface area contributed by atoms with Crippen molar-refractivity contribution in [1.82, 2.24) is 10.3 Å². The second-order valence-corrected chi connectivity index (χ2v) is 4.61. The molecule has 3 N–H and O–H groups in total. The molecule has 0 amide bonds. The molecule has 0 heterocycles. The molecule has 1 unspecified atom stereocenters. The van der Waals surface area contributed by atoms with Crippen LogP contribution in [-0.4, -0.2) is 32.6 Å². The predicted octanol–water partition coefficient (Wildman–Crippen LogP) is 1.80. The monoisotopic (exact) mass is 257 g/mol. The van der Waals surface area contributed by atoms with Gasteiger partial charge in [0.05, 0.1) is 12.1 Å². The van der Waals surface area contributed by atoms with Gasteiger partial charge in [0.1, 0.15) is 5.75 Å². The summed E-state index contributed by atoms with van der Waals surface area (Å²) in [5.74, 6) is 6.25. The fourth-order valence-corrected chi connectivity index (χ4v) is 1.82. The highest BCUT2D eigenvalue weighted by molar-refractivity contribution is 6.32. The van der Waals surface area contributed by atoms with Gasteiger partial charge in [-0.15, -0.1) is 0 Å². The van der Waals surface area contributed by atoms with E-state index in [0.29, 0.717) is 10.8 Å². The van der Waals surface area contributed by atoms with Crippen LogP contribution in [0.1, 0.15) is 18.0 Å². The van der Waals surface area contributed by atoms with Gasteiger partial charge in [-0.1, -0.05) is 17.7 Å². The lowest BCUT2D eigenvalue weighted by Crippen LogP contribution is -2.30.